The zero-order valence-electron chi connectivity index (χ0n) is 75.7. The number of hydrogen-bond donors (Lipinski definition) is 26. The lowest BCUT2D eigenvalue weighted by atomic mass is 9.86. The number of aliphatic hydroxyl groups excluding tert-OH is 12. The van der Waals surface area contributed by atoms with Gasteiger partial charge in [-0.05, 0) is 146 Å². The van der Waals surface area contributed by atoms with Crippen molar-refractivity contribution < 1.29 is 180 Å². The Hall–Kier alpha value is -11.6. The number of phenols is 3. The van der Waals surface area contributed by atoms with Crippen LogP contribution in [0.5, 0.6) is 51.7 Å². The van der Waals surface area contributed by atoms with Crippen LogP contribution in [0.15, 0.2) is 127 Å². The van der Waals surface area contributed by atoms with Gasteiger partial charge < -0.3 is 188 Å². The number of carbonyl (C=O) groups is 8. The maximum atomic E-state index is 16.5. The number of phenolic OH excluding ortho intramolecular Hbond substituents is 3. The van der Waals surface area contributed by atoms with Gasteiger partial charge in [0.25, 0.3) is 5.91 Å². The van der Waals surface area contributed by atoms with E-state index < -0.39 is 328 Å². The lowest BCUT2D eigenvalue weighted by molar-refractivity contribution is -0.375. The lowest BCUT2D eigenvalue weighted by Gasteiger charge is -2.48. The van der Waals surface area contributed by atoms with Crippen LogP contribution in [0.1, 0.15) is 121 Å². The molecule has 0 aliphatic carbocycles. The number of hydrogen-bond acceptors (Lipinski definition) is 37. The number of anilines is 1. The van der Waals surface area contributed by atoms with Crippen molar-refractivity contribution in [3.8, 4) is 62.9 Å². The summed E-state index contributed by atoms with van der Waals surface area (Å²) in [6.45, 7) is 3.77. The fraction of sp³-hybridized carbons (Fsp3) is 0.457. The quantitative estimate of drug-likeness (QED) is 0.0365. The average molecular weight is 2040 g/mol. The summed E-state index contributed by atoms with van der Waals surface area (Å²) in [6.07, 6.45) is -48.2. The number of alkyl halides is 3. The first-order valence-corrected chi connectivity index (χ1v) is 45.3. The maximum absolute atomic E-state index is 16.5. The minimum atomic E-state index is -5.03. The van der Waals surface area contributed by atoms with Crippen LogP contribution in [-0.4, -0.2) is 297 Å². The highest BCUT2D eigenvalue weighted by molar-refractivity contribution is 6.32. The van der Waals surface area contributed by atoms with E-state index in [1.807, 2.05) is 0 Å². The molecule has 11 bridgehead atoms. The molecule has 50 heteroatoms. The smallest absolute Gasteiger partial charge is 0.508 e. The fourth-order valence-electron chi connectivity index (χ4n) is 17.4. The minimum absolute atomic E-state index is 0.0384. The van der Waals surface area contributed by atoms with Crippen molar-refractivity contribution in [1.82, 2.24) is 42.5 Å². The van der Waals surface area contributed by atoms with Gasteiger partial charge in [0.2, 0.25) is 53.4 Å². The van der Waals surface area contributed by atoms with Gasteiger partial charge in [0.1, 0.15) is 150 Å². The monoisotopic (exact) mass is 2040 g/mol. The molecule has 142 heavy (non-hydrogen) atoms. The van der Waals surface area contributed by atoms with Crippen LogP contribution in [-0.2, 0) is 73.3 Å². The van der Waals surface area contributed by atoms with Crippen LogP contribution in [0.4, 0.5) is 18.9 Å². The molecule has 8 amide bonds. The molecule has 28 atom stereocenters. The number of likely N-dealkylation sites (N-methyl/N-ethyl adjacent to an activating group) is 1. The van der Waals surface area contributed by atoms with Gasteiger partial charge in [0.05, 0.1) is 47.9 Å². The number of ether oxygens (including phenoxy) is 11. The van der Waals surface area contributed by atoms with Gasteiger partial charge in [-0.25, -0.2) is 0 Å². The van der Waals surface area contributed by atoms with E-state index in [0.717, 1.165) is 84.9 Å². The number of fused-ring (bicyclic) bond motifs is 15. The molecule has 9 aliphatic rings. The summed E-state index contributed by atoms with van der Waals surface area (Å²) in [4.78, 5) is 120. The van der Waals surface area contributed by atoms with E-state index in [1.165, 1.54) is 57.3 Å². The molecule has 0 saturated carbocycles. The van der Waals surface area contributed by atoms with Crippen LogP contribution in [0.2, 0.25) is 10.0 Å². The summed E-state index contributed by atoms with van der Waals surface area (Å²) in [5, 5.41) is 197. The Morgan fingerprint density at radius 3 is 1.82 bits per heavy atom. The second-order valence-electron chi connectivity index (χ2n) is 35.6. The number of carbonyl (C=O) groups excluding carboxylic acids is 8. The van der Waals surface area contributed by atoms with Gasteiger partial charge in [-0.2, -0.15) is 0 Å². The first-order valence-electron chi connectivity index (χ1n) is 44.5. The molecule has 0 radical (unpaired) electrons. The van der Waals surface area contributed by atoms with Gasteiger partial charge >= 0.3 is 6.36 Å². The third-order valence-corrected chi connectivity index (χ3v) is 25.3. The summed E-state index contributed by atoms with van der Waals surface area (Å²) in [5.74, 6) is -16.4. The molecule has 7 aromatic carbocycles. The number of rotatable bonds is 24. The molecule has 4 fully saturated rings. The van der Waals surface area contributed by atoms with E-state index >= 15 is 24.0 Å². The third-order valence-electron chi connectivity index (χ3n) is 24.7. The zero-order chi connectivity index (χ0) is 103. The van der Waals surface area contributed by atoms with Crippen molar-refractivity contribution in [3.05, 3.63) is 176 Å². The second kappa shape index (κ2) is 44.3. The first-order chi connectivity index (χ1) is 67.2. The van der Waals surface area contributed by atoms with E-state index in [4.69, 9.17) is 82.0 Å². The molecule has 0 spiro atoms. The molecule has 9 heterocycles. The number of aliphatic hydroxyl groups is 12. The van der Waals surface area contributed by atoms with E-state index in [1.54, 1.807) is 19.9 Å². The number of amides is 8. The number of nitrogens with two attached hydrogens (primary N) is 2. The Morgan fingerprint density at radius 2 is 1.20 bits per heavy atom. The Labute approximate surface area is 814 Å². The van der Waals surface area contributed by atoms with Crippen molar-refractivity contribution in [2.45, 2.75) is 231 Å². The Morgan fingerprint density at radius 1 is 0.606 bits per heavy atom. The molecule has 28 N–H and O–H groups in total. The van der Waals surface area contributed by atoms with Crippen molar-refractivity contribution in [2.24, 2.45) is 17.4 Å². The number of nitrogens with one attached hydrogen (secondary N) is 9. The predicted molar refractivity (Wildman–Crippen MR) is 481 cm³/mol. The number of benzene rings is 7. The highest BCUT2D eigenvalue weighted by Gasteiger charge is 2.56. The summed E-state index contributed by atoms with van der Waals surface area (Å²) in [6, 6.07) is 11.7. The summed E-state index contributed by atoms with van der Waals surface area (Å²) >= 11 is 14.5. The Bertz CT molecular complexity index is 5820. The molecular weight excluding hydrogens is 1930 g/mol. The number of halogens is 5. The van der Waals surface area contributed by atoms with E-state index in [-0.39, 0.29) is 59.8 Å². The van der Waals surface area contributed by atoms with Crippen molar-refractivity contribution >= 4 is 76.1 Å². The summed E-state index contributed by atoms with van der Waals surface area (Å²) in [5.41, 5.74) is 8.70. The number of primary amides is 1. The zero-order valence-corrected chi connectivity index (χ0v) is 77.3. The van der Waals surface area contributed by atoms with Crippen molar-refractivity contribution in [2.75, 3.05) is 32.1 Å². The van der Waals surface area contributed by atoms with E-state index in [9.17, 15) is 104 Å². The molecule has 9 aliphatic heterocycles. The fourth-order valence-corrected chi connectivity index (χ4v) is 17.9. The average Bonchev–Trinajstić information content (AvgIpc) is 0.467. The lowest BCUT2D eigenvalue weighted by Crippen LogP contribution is -2.67. The SMILES string of the molecule is CN[C@H](CC(C)C)C(=O)NC1C(=O)NC(CC(N)=O)C(=O)N[C@H]2C(=O)N[C@H]3C(=O)N[C@H](C(=O)N[C@@H](O)c4cc(O)cc(O)c4-c4cc3ccc4O)[C@H](O[C@H]3C[C@](C)(N)[C@@H](O)[C@H](C)O3)c3ccc(c(Cl)c3)Oc3cc2cc(c3O[C@@H]2O[C@H](CO)[C@@H](O[C@@H]3O[C@H](CO)[C@@H](O[C@@H]4O[C@H](CNCc5cccc(NC(=O)c6cccc(OC(F)(F)F)c6)c5)[C@H](O)[C@H](O)[C@H]4O)[C@H](O)[C@H]3O)[C@H](O)[C@H]2O)Oc2ccc(cc2Cl)[C@H]1O. The normalized spacial score (nSPS) is 31.0. The van der Waals surface area contributed by atoms with E-state index in [2.05, 4.69) is 52.6 Å². The molecular formula is C92H106Cl2F3N11O34. The number of aromatic hydroxyl groups is 3. The van der Waals surface area contributed by atoms with Crippen LogP contribution in [0.25, 0.3) is 11.1 Å². The summed E-state index contributed by atoms with van der Waals surface area (Å²) < 4.78 is 106. The Balaban J connectivity index is 0.824. The minimum Gasteiger partial charge on any atom is -0.508 e. The van der Waals surface area contributed by atoms with Gasteiger partial charge in [-0.3, -0.25) is 38.4 Å². The third kappa shape index (κ3) is 23.9. The summed E-state index contributed by atoms with van der Waals surface area (Å²) in [7, 11) is 1.44. The van der Waals surface area contributed by atoms with Crippen molar-refractivity contribution in [3.63, 3.8) is 0 Å². The molecule has 7 aromatic rings. The van der Waals surface area contributed by atoms with Gasteiger partial charge in [-0.1, -0.05) is 73.4 Å². The predicted octanol–water partition coefficient (Wildman–Crippen LogP) is -0.432. The molecule has 16 rings (SSSR count). The van der Waals surface area contributed by atoms with Crippen LogP contribution in [0, 0.1) is 5.92 Å². The molecule has 2 unspecified atom stereocenters. The highest BCUT2D eigenvalue weighted by Crippen LogP contribution is 2.51. The molecule has 4 saturated heterocycles. The first kappa shape index (κ1) is 106. The van der Waals surface area contributed by atoms with Crippen LogP contribution < -0.4 is 78.3 Å². The molecule has 45 nitrogen and oxygen atoms in total. The van der Waals surface area contributed by atoms with E-state index in [0.29, 0.717) is 5.56 Å². The van der Waals surface area contributed by atoms with Crippen molar-refractivity contribution in [1.29, 1.82) is 0 Å². The van der Waals surface area contributed by atoms with Gasteiger partial charge in [0, 0.05) is 59.1 Å². The van der Waals surface area contributed by atoms with Crippen LogP contribution >= 0.6 is 23.2 Å². The van der Waals surface area contributed by atoms with Crippen LogP contribution in [0.3, 0.4) is 0 Å². The van der Waals surface area contributed by atoms with Gasteiger partial charge in [-0.15, -0.1) is 13.2 Å². The second-order valence-corrected chi connectivity index (χ2v) is 36.5. The largest absolute Gasteiger partial charge is 0.573 e. The Kier molecular flexibility index (Phi) is 33.1. The van der Waals surface area contributed by atoms with Gasteiger partial charge in [0.15, 0.2) is 36.6 Å². The maximum Gasteiger partial charge on any atom is 0.573 e. The topological polar surface area (TPSA) is 702 Å². The molecule has 0 aromatic heterocycles. The standard InChI is InChI=1S/C92H106Cl2F3N11O34/c1-34(2)18-49(100-5)82(126)106-65-67(115)38-13-16-53(47(93)22-38)133-55-24-41-25-56(76(55)139-89-73(121)70(118)78(58(32-109)136-89)141-90-74(122)71(119)77(59(33-110)137-90)140-88-72(120)69(117)68(116)57(135-88)31-101-30-36-8-6-10-42(19-36)102-80(124)40-9-7-11-44(20-40)142-92(95,96)97)134-54-17-14-39(23-48(54)94)75(138-61-29-91(4,99)79(123)35(3)132-61)66-87(131)108-81(125)46-26-43(111)27-52(113)62(46)45-21-37(12-15-51(45)112)63(84(128)107-66)105-85(129)64(41)104-83(127)50(28-60(98)114)103-86(65)130/h6-17,19-27,34-35,49-50,57-59,61,63-75,77-79,81,88-90,100-101,109-113,115-123,125H,18,28-33,99H2,1-5H3,(H2,98,114)(H,102,124)(H,103,130)(H,104,127)(H,105,129)(H,106,126)(H,107,128)(H,108,131)/t35-,49+,50?,57+,58+,59+,61-,63+,64+,65?,66-,67+,68-,69-,70+,71+,72+,73+,74+,75+,77+,78+,79-,81-,88-,89-,90-,91-/m0/s1. The molecule has 768 valence electrons. The highest BCUT2D eigenvalue weighted by atomic mass is 35.5.